The lowest BCUT2D eigenvalue weighted by atomic mass is 10.2. The van der Waals surface area contributed by atoms with Crippen molar-refractivity contribution in [1.82, 2.24) is 4.90 Å². The summed E-state index contributed by atoms with van der Waals surface area (Å²) in [5.74, 6) is 0. The van der Waals surface area contributed by atoms with Gasteiger partial charge in [0.25, 0.3) is 0 Å². The molecule has 1 heterocycles. The second-order valence-electron chi connectivity index (χ2n) is 4.68. The first-order valence-electron chi connectivity index (χ1n) is 6.65. The maximum atomic E-state index is 9.21. The van der Waals surface area contributed by atoms with Crippen molar-refractivity contribution in [1.29, 1.82) is 0 Å². The van der Waals surface area contributed by atoms with Gasteiger partial charge in [0, 0.05) is 43.2 Å². The van der Waals surface area contributed by atoms with Crippen molar-refractivity contribution in [2.75, 3.05) is 13.2 Å². The molecule has 104 valence electrons. The van der Waals surface area contributed by atoms with Crippen LogP contribution in [0.15, 0.2) is 40.9 Å². The lowest BCUT2D eigenvalue weighted by molar-refractivity contribution is 0.236. The van der Waals surface area contributed by atoms with E-state index in [2.05, 4.69) is 24.0 Å². The van der Waals surface area contributed by atoms with E-state index in [0.29, 0.717) is 6.42 Å². The first-order valence-corrected chi connectivity index (χ1v) is 7.53. The van der Waals surface area contributed by atoms with Crippen molar-refractivity contribution in [3.63, 3.8) is 0 Å². The summed E-state index contributed by atoms with van der Waals surface area (Å²) in [6.45, 7) is 3.35. The van der Waals surface area contributed by atoms with Gasteiger partial charge >= 0.3 is 0 Å². The number of rotatable bonds is 6. The van der Waals surface area contributed by atoms with Crippen LogP contribution in [-0.2, 0) is 6.54 Å². The molecule has 4 heteroatoms. The van der Waals surface area contributed by atoms with Crippen LogP contribution in [0.1, 0.15) is 25.3 Å². The molecule has 1 aliphatic heterocycles. The highest BCUT2D eigenvalue weighted by molar-refractivity contribution is 8.03. The van der Waals surface area contributed by atoms with E-state index in [4.69, 9.17) is 5.11 Å². The SMILES string of the molecule is CC1=C(CCO)SC(CCO)N1Cc1ccccc1. The van der Waals surface area contributed by atoms with Gasteiger partial charge in [0.05, 0.1) is 5.37 Å². The van der Waals surface area contributed by atoms with Crippen LogP contribution >= 0.6 is 11.8 Å². The summed E-state index contributed by atoms with van der Waals surface area (Å²) >= 11 is 1.78. The minimum atomic E-state index is 0.185. The minimum absolute atomic E-state index is 0.185. The molecule has 2 rings (SSSR count). The van der Waals surface area contributed by atoms with Crippen LogP contribution < -0.4 is 0 Å². The number of aliphatic hydroxyl groups is 2. The van der Waals surface area contributed by atoms with E-state index in [0.717, 1.165) is 13.0 Å². The second kappa shape index (κ2) is 6.98. The van der Waals surface area contributed by atoms with Crippen LogP contribution in [0.2, 0.25) is 0 Å². The molecular weight excluding hydrogens is 258 g/mol. The standard InChI is InChI=1S/C15H21NO2S/c1-12-14(7-9-17)19-15(8-10-18)16(12)11-13-5-3-2-4-6-13/h2-6,15,17-18H,7-11H2,1H3. The quantitative estimate of drug-likeness (QED) is 0.840. The maximum Gasteiger partial charge on any atom is 0.0817 e. The largest absolute Gasteiger partial charge is 0.396 e. The lowest BCUT2D eigenvalue weighted by Gasteiger charge is -2.27. The van der Waals surface area contributed by atoms with E-state index in [-0.39, 0.29) is 18.6 Å². The highest BCUT2D eigenvalue weighted by Crippen LogP contribution is 2.41. The molecule has 0 saturated heterocycles. The van der Waals surface area contributed by atoms with E-state index >= 15 is 0 Å². The van der Waals surface area contributed by atoms with Crippen LogP contribution in [0, 0.1) is 0 Å². The molecule has 0 spiro atoms. The van der Waals surface area contributed by atoms with Gasteiger partial charge in [0.1, 0.15) is 0 Å². The molecule has 0 fully saturated rings. The molecule has 1 aliphatic rings. The summed E-state index contributed by atoms with van der Waals surface area (Å²) in [6.07, 6.45) is 1.47. The van der Waals surface area contributed by atoms with Gasteiger partial charge in [-0.2, -0.15) is 0 Å². The maximum absolute atomic E-state index is 9.21. The summed E-state index contributed by atoms with van der Waals surface area (Å²) in [6, 6.07) is 10.4. The van der Waals surface area contributed by atoms with E-state index in [1.165, 1.54) is 16.2 Å². The zero-order valence-electron chi connectivity index (χ0n) is 11.2. The molecule has 1 atom stereocenters. The predicted octanol–water partition coefficient (Wildman–Crippen LogP) is 2.56. The number of benzene rings is 1. The smallest absolute Gasteiger partial charge is 0.0817 e. The van der Waals surface area contributed by atoms with Crippen molar-refractivity contribution >= 4 is 11.8 Å². The Kier molecular flexibility index (Phi) is 5.31. The molecule has 0 amide bonds. The van der Waals surface area contributed by atoms with Gasteiger partial charge in [0.2, 0.25) is 0 Å². The van der Waals surface area contributed by atoms with Crippen LogP contribution in [0.3, 0.4) is 0 Å². The molecule has 2 N–H and O–H groups in total. The molecule has 1 aromatic rings. The average Bonchev–Trinajstić information content (AvgIpc) is 2.70. The van der Waals surface area contributed by atoms with Crippen molar-refractivity contribution in [3.05, 3.63) is 46.5 Å². The molecule has 3 nitrogen and oxygen atoms in total. The predicted molar refractivity (Wildman–Crippen MR) is 79.5 cm³/mol. The first-order chi connectivity index (χ1) is 9.26. The van der Waals surface area contributed by atoms with Crippen molar-refractivity contribution < 1.29 is 10.2 Å². The van der Waals surface area contributed by atoms with Gasteiger partial charge in [-0.15, -0.1) is 11.8 Å². The summed E-state index contributed by atoms with van der Waals surface area (Å²) in [5, 5.41) is 18.6. The third-order valence-electron chi connectivity index (χ3n) is 3.37. The molecule has 1 unspecified atom stereocenters. The Morgan fingerprint density at radius 1 is 1.16 bits per heavy atom. The number of hydrogen-bond donors (Lipinski definition) is 2. The molecule has 19 heavy (non-hydrogen) atoms. The van der Waals surface area contributed by atoms with Crippen LogP contribution in [0.5, 0.6) is 0 Å². The van der Waals surface area contributed by atoms with Crippen molar-refractivity contribution in [2.24, 2.45) is 0 Å². The monoisotopic (exact) mass is 279 g/mol. The Hall–Kier alpha value is -0.970. The van der Waals surface area contributed by atoms with Gasteiger partial charge in [0.15, 0.2) is 0 Å². The summed E-state index contributed by atoms with van der Waals surface area (Å²) in [5.41, 5.74) is 2.51. The van der Waals surface area contributed by atoms with Crippen molar-refractivity contribution in [3.8, 4) is 0 Å². The van der Waals surface area contributed by atoms with Crippen LogP contribution in [-0.4, -0.2) is 33.7 Å². The highest BCUT2D eigenvalue weighted by atomic mass is 32.2. The Morgan fingerprint density at radius 3 is 2.53 bits per heavy atom. The highest BCUT2D eigenvalue weighted by Gasteiger charge is 2.29. The van der Waals surface area contributed by atoms with Gasteiger partial charge < -0.3 is 15.1 Å². The van der Waals surface area contributed by atoms with E-state index in [1.807, 2.05) is 18.2 Å². The Bertz CT molecular complexity index is 433. The lowest BCUT2D eigenvalue weighted by Crippen LogP contribution is -2.27. The van der Waals surface area contributed by atoms with Crippen molar-refractivity contribution in [2.45, 2.75) is 31.7 Å². The fourth-order valence-electron chi connectivity index (χ4n) is 2.36. The third kappa shape index (κ3) is 3.53. The Labute approximate surface area is 118 Å². The fraction of sp³-hybridized carbons (Fsp3) is 0.467. The minimum Gasteiger partial charge on any atom is -0.396 e. The number of hydrogen-bond acceptors (Lipinski definition) is 4. The molecule has 0 aliphatic carbocycles. The van der Waals surface area contributed by atoms with Gasteiger partial charge in [-0.3, -0.25) is 0 Å². The number of thioether (sulfide) groups is 1. The summed E-state index contributed by atoms with van der Waals surface area (Å²) < 4.78 is 0. The van der Waals surface area contributed by atoms with E-state index in [1.54, 1.807) is 11.8 Å². The third-order valence-corrected chi connectivity index (χ3v) is 4.92. The average molecular weight is 279 g/mol. The normalized spacial score (nSPS) is 19.3. The van der Waals surface area contributed by atoms with Gasteiger partial charge in [-0.25, -0.2) is 0 Å². The Balaban J connectivity index is 2.13. The fourth-order valence-corrected chi connectivity index (χ4v) is 3.76. The number of nitrogens with zero attached hydrogens (tertiary/aromatic N) is 1. The second-order valence-corrected chi connectivity index (χ2v) is 5.95. The molecular formula is C15H21NO2S. The van der Waals surface area contributed by atoms with E-state index < -0.39 is 0 Å². The number of aliphatic hydroxyl groups excluding tert-OH is 2. The Morgan fingerprint density at radius 2 is 1.89 bits per heavy atom. The van der Waals surface area contributed by atoms with Gasteiger partial charge in [-0.05, 0) is 12.5 Å². The number of allylic oxidation sites excluding steroid dienone is 1. The topological polar surface area (TPSA) is 43.7 Å². The molecule has 0 saturated carbocycles. The zero-order chi connectivity index (χ0) is 13.7. The molecule has 0 bridgehead atoms. The first kappa shape index (κ1) is 14.4. The van der Waals surface area contributed by atoms with Crippen LogP contribution in [0.4, 0.5) is 0 Å². The summed E-state index contributed by atoms with van der Waals surface area (Å²) in [7, 11) is 0. The molecule has 0 aromatic heterocycles. The molecule has 1 aromatic carbocycles. The zero-order valence-corrected chi connectivity index (χ0v) is 12.1. The van der Waals surface area contributed by atoms with Gasteiger partial charge in [-0.1, -0.05) is 30.3 Å². The van der Waals surface area contributed by atoms with E-state index in [9.17, 15) is 5.11 Å². The molecule has 0 radical (unpaired) electrons. The van der Waals surface area contributed by atoms with Crippen LogP contribution in [0.25, 0.3) is 0 Å². The summed E-state index contributed by atoms with van der Waals surface area (Å²) in [4.78, 5) is 3.58.